The van der Waals surface area contributed by atoms with E-state index in [0.29, 0.717) is 11.6 Å². The summed E-state index contributed by atoms with van der Waals surface area (Å²) in [6.07, 6.45) is 11.2. The van der Waals surface area contributed by atoms with Gasteiger partial charge in [-0.1, -0.05) is 45.2 Å². The Morgan fingerprint density at radius 3 is 1.59 bits per heavy atom. The van der Waals surface area contributed by atoms with Crippen molar-refractivity contribution in [2.45, 2.75) is 53.1 Å². The zero-order chi connectivity index (χ0) is 29.4. The zero-order valence-electron chi connectivity index (χ0n) is 23.5. The molecule has 0 N–H and O–H groups in total. The van der Waals surface area contributed by atoms with Gasteiger partial charge < -0.3 is 0 Å². The number of aryl methyl sites for hydroxylation is 2. The Balaban J connectivity index is 0.000000234. The molecule has 4 aromatic rings. The first-order valence-electron chi connectivity index (χ1n) is 12.1. The molecule has 0 aliphatic rings. The molecule has 6 nitrogen and oxygen atoms in total. The van der Waals surface area contributed by atoms with Crippen molar-refractivity contribution in [3.63, 3.8) is 0 Å². The molecule has 0 aliphatic heterocycles. The van der Waals surface area contributed by atoms with Crippen LogP contribution >= 0.6 is 22.6 Å². The molecule has 0 saturated heterocycles. The van der Waals surface area contributed by atoms with E-state index >= 15 is 0 Å². The average Bonchev–Trinajstić information content (AvgIpc) is 3.40. The Morgan fingerprint density at radius 2 is 1.23 bits per heavy atom. The summed E-state index contributed by atoms with van der Waals surface area (Å²) in [5.74, 6) is 3.65. The largest absolute Gasteiger partial charge is 0.234 e. The number of rotatable bonds is 2. The molecule has 0 unspecified atom stereocenters. The second kappa shape index (κ2) is 13.8. The lowest BCUT2D eigenvalue weighted by atomic mass is 10.3. The highest BCUT2D eigenvalue weighted by molar-refractivity contribution is 14.1. The van der Waals surface area contributed by atoms with Gasteiger partial charge in [-0.2, -0.15) is 10.2 Å². The van der Waals surface area contributed by atoms with Gasteiger partial charge >= 0.3 is 0 Å². The van der Waals surface area contributed by atoms with Crippen molar-refractivity contribution in [1.82, 2.24) is 29.5 Å². The molecule has 4 aromatic heterocycles. The summed E-state index contributed by atoms with van der Waals surface area (Å²) in [6.45, 7) is 16.9. The molecule has 0 atom stereocenters. The Morgan fingerprint density at radius 1 is 0.769 bits per heavy atom. The third kappa shape index (κ3) is 11.2. The van der Waals surface area contributed by atoms with Gasteiger partial charge in [0.1, 0.15) is 37.2 Å². The van der Waals surface area contributed by atoms with Crippen LogP contribution in [0.15, 0.2) is 49.1 Å². The Labute approximate surface area is 245 Å². The molecule has 0 aliphatic carbocycles. The Kier molecular flexibility index (Phi) is 11.3. The zero-order valence-corrected chi connectivity index (χ0v) is 27.7. The molecule has 0 spiro atoms. The average molecular weight is 675 g/mol. The molecule has 0 saturated carbocycles. The van der Waals surface area contributed by atoms with Gasteiger partial charge in [-0.25, -0.2) is 28.1 Å². The van der Waals surface area contributed by atoms with E-state index in [1.807, 2.05) is 26.2 Å². The first-order valence-corrected chi connectivity index (χ1v) is 20.2. The summed E-state index contributed by atoms with van der Waals surface area (Å²) in [7, 11) is -2.52. The van der Waals surface area contributed by atoms with Crippen molar-refractivity contribution < 1.29 is 8.78 Å². The van der Waals surface area contributed by atoms with Crippen molar-refractivity contribution in [1.29, 1.82) is 0 Å². The number of hydrogen-bond acceptors (Lipinski definition) is 4. The van der Waals surface area contributed by atoms with Gasteiger partial charge in [-0.05, 0) is 60.7 Å². The third-order valence-corrected chi connectivity index (χ3v) is 7.42. The standard InChI is InChI=1S/C14H16FN3Si.C9H7FIN3.C5H10Si/c1-11-10-18(14-6-5-12(15)9-16-14)17-13(11)7-8-19(2,3)4;1-6-5-14(13-9(6)11)8-3-2-7(10)4-12-8;1-5-6(2,3)4/h5-6,9-10H,1-4H3;2-5H,1H3;1H,2-4H3. The molecule has 0 radical (unpaired) electrons. The molecule has 0 aromatic carbocycles. The maximum absolute atomic E-state index is 12.8. The van der Waals surface area contributed by atoms with E-state index in [0.717, 1.165) is 20.5 Å². The van der Waals surface area contributed by atoms with E-state index in [2.05, 4.69) is 99.0 Å². The van der Waals surface area contributed by atoms with Crippen LogP contribution in [-0.4, -0.2) is 45.7 Å². The van der Waals surface area contributed by atoms with Gasteiger partial charge in [0.15, 0.2) is 11.6 Å². The van der Waals surface area contributed by atoms with Crippen LogP contribution in [0, 0.1) is 52.6 Å². The van der Waals surface area contributed by atoms with E-state index < -0.39 is 16.1 Å². The fourth-order valence-electron chi connectivity index (χ4n) is 2.51. The van der Waals surface area contributed by atoms with Crippen LogP contribution in [0.2, 0.25) is 39.3 Å². The number of nitrogens with zero attached hydrogens (tertiary/aromatic N) is 6. The molecule has 4 heterocycles. The quantitative estimate of drug-likeness (QED) is 0.134. The van der Waals surface area contributed by atoms with Crippen LogP contribution in [0.3, 0.4) is 0 Å². The number of aromatic nitrogens is 6. The van der Waals surface area contributed by atoms with Crippen LogP contribution in [0.5, 0.6) is 0 Å². The highest BCUT2D eigenvalue weighted by Gasteiger charge is 2.10. The Bertz CT molecular complexity index is 1460. The lowest BCUT2D eigenvalue weighted by Crippen LogP contribution is -2.16. The van der Waals surface area contributed by atoms with Crippen molar-refractivity contribution in [3.05, 3.63) is 81.2 Å². The van der Waals surface area contributed by atoms with Crippen LogP contribution < -0.4 is 0 Å². The molecule has 11 heteroatoms. The SMILES string of the molecule is C#C[Si](C)(C)C.Cc1cn(-c2ccc(F)cn2)nc1C#C[Si](C)(C)C.Cc1cn(-c2ccc(F)cn2)nc1I. The van der Waals surface area contributed by atoms with Gasteiger partial charge in [-0.15, -0.1) is 17.5 Å². The van der Waals surface area contributed by atoms with Crippen molar-refractivity contribution in [3.8, 4) is 35.1 Å². The maximum Gasteiger partial charge on any atom is 0.153 e. The molecule has 0 fully saturated rings. The van der Waals surface area contributed by atoms with Gasteiger partial charge in [0.05, 0.1) is 12.4 Å². The topological polar surface area (TPSA) is 61.4 Å². The predicted octanol–water partition coefficient (Wildman–Crippen LogP) is 6.76. The molecule has 4 rings (SSSR count). The lowest BCUT2D eigenvalue weighted by molar-refractivity contribution is 0.618. The normalized spacial score (nSPS) is 10.7. The summed E-state index contributed by atoms with van der Waals surface area (Å²) in [4.78, 5) is 7.92. The summed E-state index contributed by atoms with van der Waals surface area (Å²) in [5, 5.41) is 8.62. The smallest absolute Gasteiger partial charge is 0.153 e. The van der Waals surface area contributed by atoms with Gasteiger partial charge in [-0.3, -0.25) is 0 Å². The summed E-state index contributed by atoms with van der Waals surface area (Å²) < 4.78 is 29.6. The van der Waals surface area contributed by atoms with Crippen molar-refractivity contribution >= 4 is 38.7 Å². The minimum absolute atomic E-state index is 0.340. The molecule has 0 bridgehead atoms. The summed E-state index contributed by atoms with van der Waals surface area (Å²) in [6, 6.07) is 5.92. The number of terminal acetylenes is 1. The predicted molar refractivity (Wildman–Crippen MR) is 167 cm³/mol. The first-order chi connectivity index (χ1) is 18.1. The highest BCUT2D eigenvalue weighted by atomic mass is 127. The third-order valence-electron chi connectivity index (χ3n) is 4.62. The van der Waals surface area contributed by atoms with Crippen molar-refractivity contribution in [2.24, 2.45) is 0 Å². The second-order valence-electron chi connectivity index (χ2n) is 10.7. The second-order valence-corrected chi connectivity index (χ2v) is 21.3. The van der Waals surface area contributed by atoms with Gasteiger partial charge in [0.2, 0.25) is 0 Å². The number of halogens is 3. The first kappa shape index (κ1) is 32.1. The van der Waals surface area contributed by atoms with E-state index in [4.69, 9.17) is 6.42 Å². The molecule has 204 valence electrons. The minimum Gasteiger partial charge on any atom is -0.234 e. The van der Waals surface area contributed by atoms with E-state index in [9.17, 15) is 8.78 Å². The van der Waals surface area contributed by atoms with E-state index in [1.165, 1.54) is 24.5 Å². The van der Waals surface area contributed by atoms with Crippen LogP contribution in [-0.2, 0) is 0 Å². The number of hydrogen-bond donors (Lipinski definition) is 0. The van der Waals surface area contributed by atoms with E-state index in [-0.39, 0.29) is 11.6 Å². The fourth-order valence-corrected chi connectivity index (χ4v) is 3.38. The Hall–Kier alpha value is -3.14. The highest BCUT2D eigenvalue weighted by Crippen LogP contribution is 2.12. The summed E-state index contributed by atoms with van der Waals surface area (Å²) >= 11 is 2.14. The van der Waals surface area contributed by atoms with Gasteiger partial charge in [0, 0.05) is 23.5 Å². The fraction of sp³-hybridized carbons (Fsp3) is 0.286. The molecule has 39 heavy (non-hydrogen) atoms. The van der Waals surface area contributed by atoms with Crippen LogP contribution in [0.4, 0.5) is 8.78 Å². The van der Waals surface area contributed by atoms with Crippen LogP contribution in [0.1, 0.15) is 16.8 Å². The summed E-state index contributed by atoms with van der Waals surface area (Å²) in [5.41, 5.74) is 8.86. The maximum atomic E-state index is 12.8. The molecule has 0 amide bonds. The minimum atomic E-state index is -1.42. The lowest BCUT2D eigenvalue weighted by Gasteiger charge is -2.02. The van der Waals surface area contributed by atoms with Gasteiger partial charge in [0.25, 0.3) is 0 Å². The van der Waals surface area contributed by atoms with E-state index in [1.54, 1.807) is 21.5 Å². The monoisotopic (exact) mass is 674 g/mol. The number of pyridine rings is 2. The van der Waals surface area contributed by atoms with Crippen LogP contribution in [0.25, 0.3) is 11.6 Å². The molecular weight excluding hydrogens is 641 g/mol. The van der Waals surface area contributed by atoms with Crippen molar-refractivity contribution in [2.75, 3.05) is 0 Å². The molecular formula is C28H33F2IN6Si2.